The Hall–Kier alpha value is -2.52. The van der Waals surface area contributed by atoms with E-state index >= 15 is 0 Å². The summed E-state index contributed by atoms with van der Waals surface area (Å²) >= 11 is 13.0. The predicted octanol–water partition coefficient (Wildman–Crippen LogP) is 4.79. The molecule has 0 spiro atoms. The highest BCUT2D eigenvalue weighted by Crippen LogP contribution is 2.46. The number of nitrogens with zero attached hydrogens (tertiary/aromatic N) is 2. The lowest BCUT2D eigenvalue weighted by molar-refractivity contribution is 0.0968. The highest BCUT2D eigenvalue weighted by Gasteiger charge is 2.21. The van der Waals surface area contributed by atoms with Crippen molar-refractivity contribution >= 4 is 45.6 Å². The monoisotopic (exact) mass is 494 g/mol. The average Bonchev–Trinajstić information content (AvgIpc) is 2.84. The van der Waals surface area contributed by atoms with E-state index < -0.39 is 0 Å². The van der Waals surface area contributed by atoms with Crippen molar-refractivity contribution in [2.75, 3.05) is 51.6 Å². The number of hydrogen-bond acceptors (Lipinski definition) is 8. The Bertz CT molecular complexity index is 1050. The van der Waals surface area contributed by atoms with E-state index in [1.54, 1.807) is 24.4 Å². The Labute approximate surface area is 203 Å². The Morgan fingerprint density at radius 2 is 1.73 bits per heavy atom. The van der Waals surface area contributed by atoms with Gasteiger partial charge < -0.3 is 30.4 Å². The van der Waals surface area contributed by atoms with Crippen LogP contribution in [0.1, 0.15) is 19.3 Å². The molecule has 1 fully saturated rings. The van der Waals surface area contributed by atoms with Gasteiger partial charge in [0.1, 0.15) is 23.1 Å². The van der Waals surface area contributed by atoms with E-state index in [1.165, 1.54) is 33.5 Å². The number of halogens is 2. The second kappa shape index (κ2) is 12.1. The number of fused-ring (bicyclic) bond motifs is 1. The first-order valence-electron chi connectivity index (χ1n) is 10.6. The lowest BCUT2D eigenvalue weighted by atomic mass is 10.1. The Morgan fingerprint density at radius 3 is 2.24 bits per heavy atom. The van der Waals surface area contributed by atoms with Crippen LogP contribution in [0.25, 0.3) is 22.0 Å². The number of anilines is 2. The number of ether oxygens (including phenoxy) is 3. The molecule has 1 aliphatic rings. The summed E-state index contributed by atoms with van der Waals surface area (Å²) in [6, 6.07) is 5.13. The van der Waals surface area contributed by atoms with Gasteiger partial charge in [-0.2, -0.15) is 0 Å². The molecule has 1 aliphatic heterocycles. The predicted molar refractivity (Wildman–Crippen MR) is 133 cm³/mol. The molecule has 33 heavy (non-hydrogen) atoms. The Kier molecular flexibility index (Phi) is 9.20. The van der Waals surface area contributed by atoms with Crippen molar-refractivity contribution < 1.29 is 19.3 Å². The summed E-state index contributed by atoms with van der Waals surface area (Å²) in [6.07, 6.45) is 5.57. The number of rotatable bonds is 6. The van der Waals surface area contributed by atoms with Crippen LogP contribution in [0.3, 0.4) is 0 Å². The number of hydrogen-bond donors (Lipinski definition) is 3. The maximum atomic E-state index is 9.16. The fourth-order valence-corrected chi connectivity index (χ4v) is 4.09. The second-order valence-electron chi connectivity index (χ2n) is 7.29. The molecule has 0 aliphatic carbocycles. The first-order chi connectivity index (χ1) is 16.0. The highest BCUT2D eigenvalue weighted by atomic mass is 35.5. The number of benzene rings is 1. The number of nitrogens with one attached hydrogen (secondary N) is 1. The summed E-state index contributed by atoms with van der Waals surface area (Å²) < 4.78 is 15.7. The standard InChI is InChI=1S/C18H18Cl2N4O3.C5H10O/c1-26-12-7-13(27-2)17(20)15(16(12)19)11-5-9-8-23-14(21)6-10(9)18(24-11)22-3-4-25;1-2-4-6-5-3-1/h5-8,25H,3-4H2,1-2H3,(H2,21,23)(H,22,24);1-5H2. The molecule has 2 aromatic heterocycles. The Morgan fingerprint density at radius 1 is 1.06 bits per heavy atom. The van der Waals surface area contributed by atoms with Gasteiger partial charge in [0.05, 0.1) is 36.6 Å². The zero-order valence-electron chi connectivity index (χ0n) is 18.7. The largest absolute Gasteiger partial charge is 0.495 e. The molecule has 1 saturated heterocycles. The molecular weight excluding hydrogens is 467 g/mol. The van der Waals surface area contributed by atoms with Crippen molar-refractivity contribution in [2.45, 2.75) is 19.3 Å². The van der Waals surface area contributed by atoms with Gasteiger partial charge in [0.25, 0.3) is 0 Å². The molecule has 0 bridgehead atoms. The second-order valence-corrected chi connectivity index (χ2v) is 8.05. The fraction of sp³-hybridized carbons (Fsp3) is 0.391. The van der Waals surface area contributed by atoms with Gasteiger partial charge in [0, 0.05) is 48.4 Å². The zero-order chi connectivity index (χ0) is 23.8. The molecule has 4 N–H and O–H groups in total. The molecular formula is C23H28Cl2N4O4. The van der Waals surface area contributed by atoms with Crippen molar-refractivity contribution in [1.82, 2.24) is 9.97 Å². The molecule has 3 aromatic rings. The van der Waals surface area contributed by atoms with E-state index in [2.05, 4.69) is 15.3 Å². The summed E-state index contributed by atoms with van der Waals surface area (Å²) in [5.41, 5.74) is 6.78. The minimum atomic E-state index is -0.0531. The van der Waals surface area contributed by atoms with Crippen molar-refractivity contribution in [2.24, 2.45) is 0 Å². The van der Waals surface area contributed by atoms with Gasteiger partial charge in [0.2, 0.25) is 0 Å². The van der Waals surface area contributed by atoms with E-state index in [1.807, 2.05) is 0 Å². The average molecular weight is 495 g/mol. The molecule has 8 nitrogen and oxygen atoms in total. The number of methoxy groups -OCH3 is 2. The van der Waals surface area contributed by atoms with E-state index in [9.17, 15) is 0 Å². The van der Waals surface area contributed by atoms with Crippen molar-refractivity contribution in [1.29, 1.82) is 0 Å². The molecule has 0 amide bonds. The van der Waals surface area contributed by atoms with E-state index in [0.29, 0.717) is 51.0 Å². The molecule has 0 unspecified atom stereocenters. The topological polar surface area (TPSA) is 112 Å². The number of nitrogens with two attached hydrogens (primary N) is 1. The summed E-state index contributed by atoms with van der Waals surface area (Å²) in [5.74, 6) is 1.72. The SMILES string of the molecule is C1CCOCC1.COc1cc(OC)c(Cl)c(-c2cc3cnc(N)cc3c(NCCO)n2)c1Cl. The quantitative estimate of drug-likeness (QED) is 0.448. The summed E-state index contributed by atoms with van der Waals surface area (Å²) in [5, 5.41) is 14.4. The van der Waals surface area contributed by atoms with Crippen LogP contribution in [0.4, 0.5) is 11.6 Å². The molecule has 3 heterocycles. The number of pyridine rings is 2. The Balaban J connectivity index is 0.000000442. The molecule has 1 aromatic carbocycles. The normalized spacial score (nSPS) is 13.2. The van der Waals surface area contributed by atoms with Crippen LogP contribution in [0.2, 0.25) is 10.0 Å². The summed E-state index contributed by atoms with van der Waals surface area (Å²) in [7, 11) is 3.01. The lowest BCUT2D eigenvalue weighted by Gasteiger charge is -2.16. The minimum Gasteiger partial charge on any atom is -0.495 e. The van der Waals surface area contributed by atoms with Crippen molar-refractivity contribution in [3.63, 3.8) is 0 Å². The van der Waals surface area contributed by atoms with Crippen LogP contribution in [-0.2, 0) is 4.74 Å². The lowest BCUT2D eigenvalue weighted by Crippen LogP contribution is -2.08. The zero-order valence-corrected chi connectivity index (χ0v) is 20.2. The first-order valence-corrected chi connectivity index (χ1v) is 11.3. The molecule has 10 heteroatoms. The van der Waals surface area contributed by atoms with E-state index in [4.69, 9.17) is 48.3 Å². The van der Waals surface area contributed by atoms with E-state index in [-0.39, 0.29) is 6.61 Å². The highest BCUT2D eigenvalue weighted by molar-refractivity contribution is 6.41. The van der Waals surface area contributed by atoms with Gasteiger partial charge >= 0.3 is 0 Å². The van der Waals surface area contributed by atoms with Crippen LogP contribution in [0, 0.1) is 0 Å². The number of aliphatic hydroxyl groups is 1. The van der Waals surface area contributed by atoms with Gasteiger partial charge in [-0.15, -0.1) is 0 Å². The third-order valence-corrected chi connectivity index (χ3v) is 5.80. The number of nitrogen functional groups attached to an aromatic ring is 1. The van der Waals surface area contributed by atoms with E-state index in [0.717, 1.165) is 24.0 Å². The maximum absolute atomic E-state index is 9.16. The molecule has 4 rings (SSSR count). The molecule has 178 valence electrons. The van der Waals surface area contributed by atoms with Crippen LogP contribution in [0.5, 0.6) is 11.5 Å². The number of aromatic nitrogens is 2. The van der Waals surface area contributed by atoms with Crippen LogP contribution in [0.15, 0.2) is 24.4 Å². The fourth-order valence-electron chi connectivity index (χ4n) is 3.40. The summed E-state index contributed by atoms with van der Waals surface area (Å²) in [4.78, 5) is 8.77. The molecule has 0 saturated carbocycles. The molecule has 0 atom stereocenters. The minimum absolute atomic E-state index is 0.0531. The third-order valence-electron chi connectivity index (χ3n) is 5.05. The van der Waals surface area contributed by atoms with Crippen LogP contribution in [-0.4, -0.2) is 55.7 Å². The van der Waals surface area contributed by atoms with Gasteiger partial charge in [-0.3, -0.25) is 0 Å². The summed E-state index contributed by atoms with van der Waals surface area (Å²) in [6.45, 7) is 2.26. The first kappa shape index (κ1) is 25.1. The van der Waals surface area contributed by atoms with Crippen LogP contribution < -0.4 is 20.5 Å². The maximum Gasteiger partial charge on any atom is 0.141 e. The van der Waals surface area contributed by atoms with Gasteiger partial charge in [-0.1, -0.05) is 23.2 Å². The van der Waals surface area contributed by atoms with Gasteiger partial charge in [-0.25, -0.2) is 9.97 Å². The van der Waals surface area contributed by atoms with Crippen molar-refractivity contribution in [3.05, 3.63) is 34.4 Å². The number of aliphatic hydroxyl groups excluding tert-OH is 1. The van der Waals surface area contributed by atoms with Gasteiger partial charge in [0.15, 0.2) is 0 Å². The van der Waals surface area contributed by atoms with Crippen molar-refractivity contribution in [3.8, 4) is 22.8 Å². The molecule has 0 radical (unpaired) electrons. The van der Waals surface area contributed by atoms with Crippen LogP contribution >= 0.6 is 23.2 Å². The van der Waals surface area contributed by atoms with Gasteiger partial charge in [-0.05, 0) is 31.4 Å². The third kappa shape index (κ3) is 6.09. The smallest absolute Gasteiger partial charge is 0.141 e.